The summed E-state index contributed by atoms with van der Waals surface area (Å²) >= 11 is 5.72. The van der Waals surface area contributed by atoms with Gasteiger partial charge in [-0.2, -0.15) is 0 Å². The first-order valence-electron chi connectivity index (χ1n) is 9.49. The lowest BCUT2D eigenvalue weighted by molar-refractivity contribution is 0.133. The number of benzene rings is 2. The van der Waals surface area contributed by atoms with Gasteiger partial charge in [-0.25, -0.2) is 0 Å². The van der Waals surface area contributed by atoms with Crippen molar-refractivity contribution in [2.75, 3.05) is 25.1 Å². The van der Waals surface area contributed by atoms with E-state index in [2.05, 4.69) is 78.4 Å². The van der Waals surface area contributed by atoms with Gasteiger partial charge in [0, 0.05) is 25.3 Å². The second kappa shape index (κ2) is 8.65. The minimum absolute atomic E-state index is 0.830. The SMILES string of the molecule is CCc1ccccc1NC(=S)N1CCCN(Cc2cc(C)ccc2C)C1. The molecule has 0 amide bonds. The van der Waals surface area contributed by atoms with Crippen LogP contribution in [0.3, 0.4) is 0 Å². The van der Waals surface area contributed by atoms with Crippen molar-refractivity contribution in [1.82, 2.24) is 9.80 Å². The third-order valence-electron chi connectivity index (χ3n) is 5.10. The maximum absolute atomic E-state index is 5.72. The number of hydrogen-bond donors (Lipinski definition) is 1. The zero-order chi connectivity index (χ0) is 18.5. The van der Waals surface area contributed by atoms with Crippen LogP contribution in [-0.4, -0.2) is 34.7 Å². The van der Waals surface area contributed by atoms with Crippen molar-refractivity contribution in [3.05, 3.63) is 64.7 Å². The Morgan fingerprint density at radius 3 is 2.69 bits per heavy atom. The van der Waals surface area contributed by atoms with Crippen LogP contribution in [0.25, 0.3) is 0 Å². The molecule has 0 saturated carbocycles. The Bertz CT molecular complexity index is 772. The van der Waals surface area contributed by atoms with E-state index in [4.69, 9.17) is 12.2 Å². The molecule has 3 rings (SSSR count). The summed E-state index contributed by atoms with van der Waals surface area (Å²) in [7, 11) is 0. The molecule has 3 nitrogen and oxygen atoms in total. The minimum atomic E-state index is 0.830. The summed E-state index contributed by atoms with van der Waals surface area (Å²) in [6, 6.07) is 15.1. The highest BCUT2D eigenvalue weighted by Gasteiger charge is 2.20. The maximum Gasteiger partial charge on any atom is 0.174 e. The second-order valence-corrected chi connectivity index (χ2v) is 7.57. The third kappa shape index (κ3) is 4.63. The standard InChI is InChI=1S/C22H29N3S/c1-4-19-8-5-6-9-21(19)23-22(26)25-13-7-12-24(16-25)15-20-14-17(2)10-11-18(20)3/h5-6,8-11,14H,4,7,12-13,15-16H2,1-3H3,(H,23,26). The van der Waals surface area contributed by atoms with E-state index in [0.717, 1.165) is 49.9 Å². The molecule has 0 aliphatic carbocycles. The van der Waals surface area contributed by atoms with Gasteiger partial charge in [-0.15, -0.1) is 0 Å². The number of aryl methyl sites for hydroxylation is 3. The van der Waals surface area contributed by atoms with E-state index < -0.39 is 0 Å². The fraction of sp³-hybridized carbons (Fsp3) is 0.409. The van der Waals surface area contributed by atoms with Crippen LogP contribution in [0.4, 0.5) is 5.69 Å². The normalized spacial score (nSPS) is 15.1. The van der Waals surface area contributed by atoms with Crippen LogP contribution in [-0.2, 0) is 13.0 Å². The summed E-state index contributed by atoms with van der Waals surface area (Å²) < 4.78 is 0. The van der Waals surface area contributed by atoms with Crippen molar-refractivity contribution in [2.45, 2.75) is 40.2 Å². The molecule has 0 bridgehead atoms. The molecule has 0 spiro atoms. The van der Waals surface area contributed by atoms with Crippen LogP contribution in [0.5, 0.6) is 0 Å². The van der Waals surface area contributed by atoms with Gasteiger partial charge < -0.3 is 10.2 Å². The predicted octanol–water partition coefficient (Wildman–Crippen LogP) is 4.73. The zero-order valence-corrected chi connectivity index (χ0v) is 16.9. The Kier molecular flexibility index (Phi) is 6.28. The molecule has 4 heteroatoms. The Balaban J connectivity index is 1.64. The van der Waals surface area contributed by atoms with Gasteiger partial charge in [0.15, 0.2) is 5.11 Å². The Labute approximate surface area is 163 Å². The lowest BCUT2D eigenvalue weighted by Gasteiger charge is -2.37. The first kappa shape index (κ1) is 18.9. The fourth-order valence-electron chi connectivity index (χ4n) is 3.52. The summed E-state index contributed by atoms with van der Waals surface area (Å²) in [5.41, 5.74) is 6.55. The number of anilines is 1. The van der Waals surface area contributed by atoms with Crippen LogP contribution in [0.1, 0.15) is 35.6 Å². The van der Waals surface area contributed by atoms with E-state index in [1.165, 1.54) is 22.3 Å². The molecule has 1 aliphatic heterocycles. The molecule has 1 heterocycles. The van der Waals surface area contributed by atoms with Crippen LogP contribution < -0.4 is 5.32 Å². The number of para-hydroxylation sites is 1. The largest absolute Gasteiger partial charge is 0.336 e. The van der Waals surface area contributed by atoms with Crippen molar-refractivity contribution in [2.24, 2.45) is 0 Å². The molecule has 0 aromatic heterocycles. The fourth-order valence-corrected chi connectivity index (χ4v) is 3.78. The number of hydrogen-bond acceptors (Lipinski definition) is 2. The predicted molar refractivity (Wildman–Crippen MR) is 115 cm³/mol. The molecular weight excluding hydrogens is 338 g/mol. The summed E-state index contributed by atoms with van der Waals surface area (Å²) in [4.78, 5) is 4.78. The van der Waals surface area contributed by atoms with Gasteiger partial charge in [-0.3, -0.25) is 4.90 Å². The molecule has 1 fully saturated rings. The summed E-state index contributed by atoms with van der Waals surface area (Å²) in [5, 5.41) is 4.30. The quantitative estimate of drug-likeness (QED) is 0.787. The topological polar surface area (TPSA) is 18.5 Å². The van der Waals surface area contributed by atoms with E-state index in [0.29, 0.717) is 0 Å². The first-order chi connectivity index (χ1) is 12.6. The average Bonchev–Trinajstić information content (AvgIpc) is 2.65. The molecule has 2 aromatic rings. The van der Waals surface area contributed by atoms with E-state index >= 15 is 0 Å². The molecule has 0 radical (unpaired) electrons. The highest BCUT2D eigenvalue weighted by Crippen LogP contribution is 2.19. The molecule has 1 aliphatic rings. The van der Waals surface area contributed by atoms with Gasteiger partial charge in [0.2, 0.25) is 0 Å². The first-order valence-corrected chi connectivity index (χ1v) is 9.90. The minimum Gasteiger partial charge on any atom is -0.336 e. The number of nitrogens with zero attached hydrogens (tertiary/aromatic N) is 2. The molecule has 0 unspecified atom stereocenters. The maximum atomic E-state index is 5.72. The van der Waals surface area contributed by atoms with Gasteiger partial charge >= 0.3 is 0 Å². The molecular formula is C22H29N3S. The van der Waals surface area contributed by atoms with E-state index in [1.54, 1.807) is 0 Å². The van der Waals surface area contributed by atoms with Gasteiger partial charge in [0.05, 0.1) is 6.67 Å². The molecule has 2 aromatic carbocycles. The van der Waals surface area contributed by atoms with Gasteiger partial charge in [-0.05, 0) is 61.7 Å². The summed E-state index contributed by atoms with van der Waals surface area (Å²) in [5.74, 6) is 0. The highest BCUT2D eigenvalue weighted by atomic mass is 32.1. The van der Waals surface area contributed by atoms with Crippen LogP contribution in [0.15, 0.2) is 42.5 Å². The van der Waals surface area contributed by atoms with Crippen LogP contribution in [0, 0.1) is 13.8 Å². The third-order valence-corrected chi connectivity index (χ3v) is 5.46. The van der Waals surface area contributed by atoms with Crippen LogP contribution in [0.2, 0.25) is 0 Å². The van der Waals surface area contributed by atoms with Crippen LogP contribution >= 0.6 is 12.2 Å². The number of thiocarbonyl (C=S) groups is 1. The van der Waals surface area contributed by atoms with Gasteiger partial charge in [0.1, 0.15) is 0 Å². The van der Waals surface area contributed by atoms with Crippen molar-refractivity contribution in [3.63, 3.8) is 0 Å². The number of rotatable bonds is 4. The molecule has 26 heavy (non-hydrogen) atoms. The van der Waals surface area contributed by atoms with E-state index in [-0.39, 0.29) is 0 Å². The Hall–Kier alpha value is -1.91. The molecule has 0 atom stereocenters. The van der Waals surface area contributed by atoms with Crippen molar-refractivity contribution in [3.8, 4) is 0 Å². The lowest BCUT2D eigenvalue weighted by Crippen LogP contribution is -2.48. The molecule has 1 saturated heterocycles. The van der Waals surface area contributed by atoms with Gasteiger partial charge in [0.25, 0.3) is 0 Å². The number of nitrogens with one attached hydrogen (secondary N) is 1. The monoisotopic (exact) mass is 367 g/mol. The highest BCUT2D eigenvalue weighted by molar-refractivity contribution is 7.80. The summed E-state index contributed by atoms with van der Waals surface area (Å²) in [6.45, 7) is 10.5. The lowest BCUT2D eigenvalue weighted by atomic mass is 10.0. The Morgan fingerprint density at radius 2 is 1.88 bits per heavy atom. The van der Waals surface area contributed by atoms with Gasteiger partial charge in [-0.1, -0.05) is 48.9 Å². The molecule has 138 valence electrons. The molecule has 1 N–H and O–H groups in total. The summed E-state index contributed by atoms with van der Waals surface area (Å²) in [6.07, 6.45) is 2.15. The smallest absolute Gasteiger partial charge is 0.174 e. The Morgan fingerprint density at radius 1 is 1.08 bits per heavy atom. The van der Waals surface area contributed by atoms with E-state index in [9.17, 15) is 0 Å². The zero-order valence-electron chi connectivity index (χ0n) is 16.1. The average molecular weight is 368 g/mol. The second-order valence-electron chi connectivity index (χ2n) is 7.18. The van der Waals surface area contributed by atoms with E-state index in [1.807, 2.05) is 0 Å². The van der Waals surface area contributed by atoms with Crippen molar-refractivity contribution >= 4 is 23.0 Å². The van der Waals surface area contributed by atoms with Crippen molar-refractivity contribution in [1.29, 1.82) is 0 Å². The van der Waals surface area contributed by atoms with Crippen molar-refractivity contribution < 1.29 is 0 Å².